The number of benzene rings is 2. The number of alkyl halides is 3. The minimum absolute atomic E-state index is 0.00435. The molecule has 0 aliphatic carbocycles. The number of hydrogen-bond donors (Lipinski definition) is 1. The molecule has 1 N–H and O–H groups in total. The van der Waals surface area contributed by atoms with Crippen molar-refractivity contribution in [3.05, 3.63) is 57.1 Å². The monoisotopic (exact) mass is 418 g/mol. The summed E-state index contributed by atoms with van der Waals surface area (Å²) < 4.78 is 50.3. The van der Waals surface area contributed by atoms with Gasteiger partial charge in [-0.05, 0) is 36.8 Å². The molecule has 1 aliphatic heterocycles. The molecule has 0 radical (unpaired) electrons. The summed E-state index contributed by atoms with van der Waals surface area (Å²) in [6.45, 7) is 1.82. The molecule has 0 fully saturated rings. The number of aryl methyl sites for hydroxylation is 1. The molecule has 2 aromatic carbocycles. The van der Waals surface area contributed by atoms with Crippen LogP contribution in [-0.2, 0) is 4.79 Å². The second-order valence-corrected chi connectivity index (χ2v) is 6.59. The van der Waals surface area contributed by atoms with Crippen molar-refractivity contribution in [2.75, 3.05) is 0 Å². The van der Waals surface area contributed by atoms with Crippen molar-refractivity contribution < 1.29 is 32.5 Å². The highest BCUT2D eigenvalue weighted by Gasteiger charge is 2.49. The van der Waals surface area contributed by atoms with Gasteiger partial charge in [-0.3, -0.25) is 0 Å². The highest BCUT2D eigenvalue weighted by atomic mass is 35.5. The molecule has 3 rings (SSSR count). The third-order valence-electron chi connectivity index (χ3n) is 3.75. The van der Waals surface area contributed by atoms with Crippen molar-refractivity contribution >= 4 is 35.2 Å². The Bertz CT molecular complexity index is 954. The summed E-state index contributed by atoms with van der Waals surface area (Å²) in [4.78, 5) is 11.4. The number of carboxylic acid groups (broad SMARTS) is 1. The molecule has 0 amide bonds. The number of halogens is 5. The van der Waals surface area contributed by atoms with Gasteiger partial charge in [0, 0.05) is 0 Å². The molecule has 4 nitrogen and oxygen atoms in total. The molecule has 0 aromatic heterocycles. The Morgan fingerprint density at radius 3 is 2.52 bits per heavy atom. The van der Waals surface area contributed by atoms with Crippen molar-refractivity contribution in [3.8, 4) is 17.2 Å². The van der Waals surface area contributed by atoms with Crippen molar-refractivity contribution in [3.63, 3.8) is 0 Å². The largest absolute Gasteiger partial charge is 0.478 e. The first-order chi connectivity index (χ1) is 12.6. The summed E-state index contributed by atoms with van der Waals surface area (Å²) in [5, 5.41) is 9.00. The number of hydrogen-bond acceptors (Lipinski definition) is 3. The summed E-state index contributed by atoms with van der Waals surface area (Å²) in [5.74, 6) is -1.82. The summed E-state index contributed by atoms with van der Waals surface area (Å²) >= 11 is 12.1. The molecule has 1 aliphatic rings. The maximum Gasteiger partial charge on any atom is 0.430 e. The van der Waals surface area contributed by atoms with Gasteiger partial charge in [-0.25, -0.2) is 4.79 Å². The van der Waals surface area contributed by atoms with Crippen LogP contribution in [0, 0.1) is 6.92 Å². The van der Waals surface area contributed by atoms with Crippen LogP contribution >= 0.6 is 23.2 Å². The van der Waals surface area contributed by atoms with E-state index in [2.05, 4.69) is 0 Å². The summed E-state index contributed by atoms with van der Waals surface area (Å²) in [6.07, 6.45) is -6.78. The van der Waals surface area contributed by atoms with E-state index in [1.54, 1.807) is 18.2 Å². The fraction of sp³-hybridized carbons (Fsp3) is 0.167. The average molecular weight is 419 g/mol. The molecule has 0 saturated carbocycles. The van der Waals surface area contributed by atoms with Crippen molar-refractivity contribution in [2.45, 2.75) is 19.2 Å². The van der Waals surface area contributed by atoms with Gasteiger partial charge >= 0.3 is 12.1 Å². The highest BCUT2D eigenvalue weighted by molar-refractivity contribution is 6.37. The Kier molecular flexibility index (Phi) is 5.01. The number of rotatable bonds is 3. The quantitative estimate of drug-likeness (QED) is 0.675. The van der Waals surface area contributed by atoms with Crippen LogP contribution < -0.4 is 9.47 Å². The topological polar surface area (TPSA) is 55.8 Å². The zero-order valence-corrected chi connectivity index (χ0v) is 15.1. The van der Waals surface area contributed by atoms with Gasteiger partial charge in [0.25, 0.3) is 0 Å². The molecule has 2 aromatic rings. The lowest BCUT2D eigenvalue weighted by Crippen LogP contribution is -2.40. The van der Waals surface area contributed by atoms with Crippen LogP contribution in [0.4, 0.5) is 13.2 Å². The van der Waals surface area contributed by atoms with Crippen molar-refractivity contribution in [1.29, 1.82) is 0 Å². The predicted molar refractivity (Wildman–Crippen MR) is 93.8 cm³/mol. The standard InChI is InChI=1S/C18H11Cl2F3O4/c1-8-3-2-4-9(5-8)26-14-10-6-11(17(24)25)16(18(21,22)23)27-15(10)13(20)7-12(14)19/h2-7,16H,1H3,(H,24,25). The molecular formula is C18H11Cl2F3O4. The lowest BCUT2D eigenvalue weighted by molar-refractivity contribution is -0.187. The van der Waals surface area contributed by atoms with E-state index in [9.17, 15) is 23.1 Å². The molecule has 142 valence electrons. The summed E-state index contributed by atoms with van der Waals surface area (Å²) in [7, 11) is 0. The van der Waals surface area contributed by atoms with Crippen LogP contribution in [-0.4, -0.2) is 23.4 Å². The number of fused-ring (bicyclic) bond motifs is 1. The highest BCUT2D eigenvalue weighted by Crippen LogP contribution is 2.48. The minimum Gasteiger partial charge on any atom is -0.478 e. The fourth-order valence-corrected chi connectivity index (χ4v) is 3.14. The van der Waals surface area contributed by atoms with Crippen LogP contribution in [0.15, 0.2) is 35.9 Å². The van der Waals surface area contributed by atoms with E-state index >= 15 is 0 Å². The smallest absolute Gasteiger partial charge is 0.430 e. The number of carboxylic acids is 1. The second-order valence-electron chi connectivity index (χ2n) is 5.78. The average Bonchev–Trinajstić information content (AvgIpc) is 2.56. The first-order valence-electron chi connectivity index (χ1n) is 7.52. The summed E-state index contributed by atoms with van der Waals surface area (Å²) in [6, 6.07) is 8.02. The van der Waals surface area contributed by atoms with Gasteiger partial charge in [-0.2, -0.15) is 13.2 Å². The van der Waals surface area contributed by atoms with Crippen molar-refractivity contribution in [1.82, 2.24) is 0 Å². The van der Waals surface area contributed by atoms with Gasteiger partial charge in [-0.15, -0.1) is 0 Å². The van der Waals surface area contributed by atoms with E-state index in [0.29, 0.717) is 5.75 Å². The fourth-order valence-electron chi connectivity index (χ4n) is 2.58. The molecule has 1 unspecified atom stereocenters. The maximum absolute atomic E-state index is 13.2. The molecule has 1 heterocycles. The zero-order chi connectivity index (χ0) is 19.9. The molecular weight excluding hydrogens is 408 g/mol. The Morgan fingerprint density at radius 1 is 1.22 bits per heavy atom. The van der Waals surface area contributed by atoms with E-state index < -0.39 is 23.8 Å². The molecule has 0 saturated heterocycles. The first kappa shape index (κ1) is 19.4. The van der Waals surface area contributed by atoms with E-state index in [-0.39, 0.29) is 27.1 Å². The Hall–Kier alpha value is -2.38. The molecule has 0 bridgehead atoms. The van der Waals surface area contributed by atoms with Crippen LogP contribution in [0.3, 0.4) is 0 Å². The van der Waals surface area contributed by atoms with Gasteiger partial charge in [-0.1, -0.05) is 35.3 Å². The maximum atomic E-state index is 13.2. The normalized spacial score (nSPS) is 16.2. The SMILES string of the molecule is Cc1cccc(Oc2c(Cl)cc(Cl)c3c2C=C(C(=O)O)C(C(F)(F)F)O3)c1. The van der Waals surface area contributed by atoms with Crippen LogP contribution in [0.5, 0.6) is 17.2 Å². The Balaban J connectivity index is 2.18. The third-order valence-corrected chi connectivity index (χ3v) is 4.31. The van der Waals surface area contributed by atoms with E-state index in [0.717, 1.165) is 11.6 Å². The van der Waals surface area contributed by atoms with E-state index in [1.807, 2.05) is 13.0 Å². The minimum atomic E-state index is -4.94. The number of aliphatic carboxylic acids is 1. The van der Waals surface area contributed by atoms with Crippen LogP contribution in [0.2, 0.25) is 10.0 Å². The molecule has 27 heavy (non-hydrogen) atoms. The van der Waals surface area contributed by atoms with Crippen LogP contribution in [0.1, 0.15) is 11.1 Å². The van der Waals surface area contributed by atoms with Gasteiger partial charge in [0.1, 0.15) is 11.5 Å². The number of ether oxygens (including phenoxy) is 2. The zero-order valence-electron chi connectivity index (χ0n) is 13.6. The Labute approximate surface area is 161 Å². The van der Waals surface area contributed by atoms with Gasteiger partial charge < -0.3 is 14.6 Å². The van der Waals surface area contributed by atoms with Gasteiger partial charge in [0.2, 0.25) is 6.10 Å². The lowest BCUT2D eigenvalue weighted by Gasteiger charge is -2.28. The van der Waals surface area contributed by atoms with E-state index in [4.69, 9.17) is 32.7 Å². The Morgan fingerprint density at radius 2 is 1.93 bits per heavy atom. The van der Waals surface area contributed by atoms with Gasteiger partial charge in [0.15, 0.2) is 5.75 Å². The van der Waals surface area contributed by atoms with Gasteiger partial charge in [0.05, 0.1) is 21.2 Å². The predicted octanol–water partition coefficient (Wildman–Crippen LogP) is 5.89. The molecule has 0 spiro atoms. The van der Waals surface area contributed by atoms with Crippen LogP contribution in [0.25, 0.3) is 6.08 Å². The van der Waals surface area contributed by atoms with Crippen molar-refractivity contribution in [2.24, 2.45) is 0 Å². The number of carbonyl (C=O) groups is 1. The summed E-state index contributed by atoms with van der Waals surface area (Å²) in [5.41, 5.74) is -0.198. The second kappa shape index (κ2) is 6.98. The molecule has 1 atom stereocenters. The third kappa shape index (κ3) is 3.84. The first-order valence-corrected chi connectivity index (χ1v) is 8.28. The molecule has 9 heteroatoms. The van der Waals surface area contributed by atoms with E-state index in [1.165, 1.54) is 6.07 Å². The lowest BCUT2D eigenvalue weighted by atomic mass is 10.0.